The first kappa shape index (κ1) is 28.7. The molecule has 0 bridgehead atoms. The maximum atomic E-state index is 12.6. The van der Waals surface area contributed by atoms with Crippen molar-refractivity contribution in [2.45, 2.75) is 26.9 Å². The Labute approximate surface area is 264 Å². The number of imidazole rings is 2. The number of fused-ring (bicyclic) bond motifs is 2. The maximum Gasteiger partial charge on any atom is 0.343 e. The molecule has 46 heavy (non-hydrogen) atoms. The maximum absolute atomic E-state index is 12.6. The number of hydrogen-bond donors (Lipinski definition) is 0. The van der Waals surface area contributed by atoms with Crippen LogP contribution < -0.4 is 9.47 Å². The second-order valence-corrected chi connectivity index (χ2v) is 10.6. The first-order valence-corrected chi connectivity index (χ1v) is 15.0. The Kier molecular flexibility index (Phi) is 7.56. The number of carbonyl (C=O) groups excluding carboxylic acids is 2. The molecule has 0 radical (unpaired) electrons. The van der Waals surface area contributed by atoms with Crippen LogP contribution in [0.15, 0.2) is 115 Å². The molecule has 226 valence electrons. The molecule has 0 aliphatic rings. The summed E-state index contributed by atoms with van der Waals surface area (Å²) in [5, 5.41) is 0. The number of benzene rings is 4. The summed E-state index contributed by atoms with van der Waals surface area (Å²) in [7, 11) is 0. The van der Waals surface area contributed by atoms with E-state index in [-0.39, 0.29) is 0 Å². The van der Waals surface area contributed by atoms with Crippen LogP contribution in [0.3, 0.4) is 0 Å². The van der Waals surface area contributed by atoms with Crippen LogP contribution in [0, 0.1) is 0 Å². The first-order valence-electron chi connectivity index (χ1n) is 15.0. The summed E-state index contributed by atoms with van der Waals surface area (Å²) in [6.07, 6.45) is 0. The highest BCUT2D eigenvalue weighted by Crippen LogP contribution is 2.31. The molecule has 0 amide bonds. The van der Waals surface area contributed by atoms with Gasteiger partial charge in [0.15, 0.2) is 11.6 Å². The summed E-state index contributed by atoms with van der Waals surface area (Å²) >= 11 is 0. The van der Waals surface area contributed by atoms with E-state index >= 15 is 0 Å². The van der Waals surface area contributed by atoms with E-state index in [0.29, 0.717) is 69.8 Å². The molecule has 3 aromatic heterocycles. The van der Waals surface area contributed by atoms with Gasteiger partial charge in [0.25, 0.3) is 0 Å². The molecule has 0 atom stereocenters. The largest absolute Gasteiger partial charge is 0.423 e. The molecule has 0 unspecified atom stereocenters. The number of aromatic nitrogens is 5. The van der Waals surface area contributed by atoms with Gasteiger partial charge in [-0.15, -0.1) is 0 Å². The number of rotatable bonds is 8. The van der Waals surface area contributed by atoms with Gasteiger partial charge >= 0.3 is 11.9 Å². The zero-order valence-corrected chi connectivity index (χ0v) is 25.3. The van der Waals surface area contributed by atoms with Gasteiger partial charge in [-0.1, -0.05) is 42.5 Å². The smallest absolute Gasteiger partial charge is 0.343 e. The van der Waals surface area contributed by atoms with Crippen molar-refractivity contribution >= 4 is 34.0 Å². The SMILES string of the molecule is CCn1c(-c2cccc(-c3nc4cc(OC(=O)c5ccccc5)ccc4n3CC)n2)nc2cc(OC(=O)c3ccccc3)ccc21. The fourth-order valence-electron chi connectivity index (χ4n) is 5.54. The molecule has 9 nitrogen and oxygen atoms in total. The molecule has 0 saturated carbocycles. The fraction of sp³-hybridized carbons (Fsp3) is 0.108. The van der Waals surface area contributed by atoms with Gasteiger partial charge in [0.05, 0.1) is 33.2 Å². The van der Waals surface area contributed by atoms with Crippen LogP contribution in [-0.2, 0) is 13.1 Å². The van der Waals surface area contributed by atoms with E-state index in [1.54, 1.807) is 72.8 Å². The van der Waals surface area contributed by atoms with Crippen molar-refractivity contribution in [1.82, 2.24) is 24.1 Å². The number of esters is 2. The number of aryl methyl sites for hydroxylation is 2. The monoisotopic (exact) mass is 607 g/mol. The van der Waals surface area contributed by atoms with Crippen molar-refractivity contribution in [1.29, 1.82) is 0 Å². The highest BCUT2D eigenvalue weighted by atomic mass is 16.5. The van der Waals surface area contributed by atoms with Crippen molar-refractivity contribution < 1.29 is 19.1 Å². The Hall–Kier alpha value is -6.09. The third kappa shape index (κ3) is 5.39. The van der Waals surface area contributed by atoms with E-state index in [2.05, 4.69) is 23.0 Å². The van der Waals surface area contributed by atoms with Crippen LogP contribution in [-0.4, -0.2) is 36.0 Å². The lowest BCUT2D eigenvalue weighted by Gasteiger charge is -2.09. The molecule has 0 aliphatic heterocycles. The number of carbonyl (C=O) groups is 2. The molecular formula is C37H29N5O4. The van der Waals surface area contributed by atoms with E-state index in [0.717, 1.165) is 11.0 Å². The van der Waals surface area contributed by atoms with Crippen LogP contribution in [0.4, 0.5) is 0 Å². The van der Waals surface area contributed by atoms with E-state index < -0.39 is 11.9 Å². The highest BCUT2D eigenvalue weighted by molar-refractivity contribution is 5.92. The predicted molar refractivity (Wildman–Crippen MR) is 176 cm³/mol. The highest BCUT2D eigenvalue weighted by Gasteiger charge is 2.19. The van der Waals surface area contributed by atoms with Crippen LogP contribution in [0.5, 0.6) is 11.5 Å². The Balaban J connectivity index is 1.21. The van der Waals surface area contributed by atoms with Gasteiger partial charge in [0.2, 0.25) is 0 Å². The summed E-state index contributed by atoms with van der Waals surface area (Å²) in [4.78, 5) is 40.1. The van der Waals surface area contributed by atoms with Gasteiger partial charge in [0, 0.05) is 25.2 Å². The molecule has 9 heteroatoms. The quantitative estimate of drug-likeness (QED) is 0.130. The topological polar surface area (TPSA) is 101 Å². The van der Waals surface area contributed by atoms with Gasteiger partial charge in [-0.25, -0.2) is 24.5 Å². The average molecular weight is 608 g/mol. The van der Waals surface area contributed by atoms with Gasteiger partial charge in [-0.2, -0.15) is 0 Å². The second kappa shape index (κ2) is 12.1. The third-order valence-electron chi connectivity index (χ3n) is 7.72. The van der Waals surface area contributed by atoms with Crippen molar-refractivity contribution in [3.63, 3.8) is 0 Å². The lowest BCUT2D eigenvalue weighted by atomic mass is 10.2. The van der Waals surface area contributed by atoms with Crippen molar-refractivity contribution in [2.24, 2.45) is 0 Å². The summed E-state index contributed by atoms with van der Waals surface area (Å²) in [6, 6.07) is 34.5. The van der Waals surface area contributed by atoms with E-state index in [9.17, 15) is 9.59 Å². The van der Waals surface area contributed by atoms with E-state index in [1.807, 2.05) is 42.5 Å². The van der Waals surface area contributed by atoms with Gasteiger partial charge in [0.1, 0.15) is 22.9 Å². The van der Waals surface area contributed by atoms with E-state index in [4.69, 9.17) is 24.4 Å². The Bertz CT molecular complexity index is 2070. The molecule has 0 spiro atoms. The van der Waals surface area contributed by atoms with Crippen LogP contribution in [0.1, 0.15) is 34.6 Å². The number of ether oxygens (including phenoxy) is 2. The zero-order valence-electron chi connectivity index (χ0n) is 25.3. The molecule has 0 N–H and O–H groups in total. The number of nitrogens with zero attached hydrogens (tertiary/aromatic N) is 5. The van der Waals surface area contributed by atoms with E-state index in [1.165, 1.54) is 0 Å². The Morgan fingerprint density at radius 3 is 1.39 bits per heavy atom. The normalized spacial score (nSPS) is 11.2. The minimum absolute atomic E-state index is 0.417. The van der Waals surface area contributed by atoms with Gasteiger partial charge < -0.3 is 18.6 Å². The minimum atomic E-state index is -0.426. The average Bonchev–Trinajstić information content (AvgIpc) is 3.66. The first-order chi connectivity index (χ1) is 22.5. The summed E-state index contributed by atoms with van der Waals surface area (Å²) < 4.78 is 15.4. The van der Waals surface area contributed by atoms with Crippen molar-refractivity contribution in [2.75, 3.05) is 0 Å². The molecular weight excluding hydrogens is 578 g/mol. The van der Waals surface area contributed by atoms with Crippen molar-refractivity contribution in [3.05, 3.63) is 126 Å². The molecule has 4 aromatic carbocycles. The molecule has 7 rings (SSSR count). The van der Waals surface area contributed by atoms with Crippen LogP contribution in [0.2, 0.25) is 0 Å². The van der Waals surface area contributed by atoms with Gasteiger partial charge in [-0.05, 0) is 74.5 Å². The summed E-state index contributed by atoms with van der Waals surface area (Å²) in [6.45, 7) is 5.44. The molecule has 0 saturated heterocycles. The van der Waals surface area contributed by atoms with Gasteiger partial charge in [-0.3, -0.25) is 0 Å². The third-order valence-corrected chi connectivity index (χ3v) is 7.72. The molecule has 7 aromatic rings. The van der Waals surface area contributed by atoms with Crippen LogP contribution >= 0.6 is 0 Å². The summed E-state index contributed by atoms with van der Waals surface area (Å²) in [5.41, 5.74) is 5.53. The predicted octanol–water partition coefficient (Wildman–Crippen LogP) is 7.59. The molecule has 0 fully saturated rings. The number of pyridine rings is 1. The summed E-state index contributed by atoms with van der Waals surface area (Å²) in [5.74, 6) is 1.37. The fourth-order valence-corrected chi connectivity index (χ4v) is 5.54. The zero-order chi connectivity index (χ0) is 31.6. The minimum Gasteiger partial charge on any atom is -0.423 e. The number of hydrogen-bond acceptors (Lipinski definition) is 7. The standard InChI is InChI=1S/C37H29N5O4/c1-3-41-32-20-18-26(45-36(43)24-12-7-5-8-13-24)22-30(32)39-34(41)28-16-11-17-29(38-28)35-40-31-23-27(19-21-33(31)42(35)4-2)46-37(44)25-14-9-6-10-15-25/h5-23H,3-4H2,1-2H3. The second-order valence-electron chi connectivity index (χ2n) is 10.6. The van der Waals surface area contributed by atoms with Crippen LogP contribution in [0.25, 0.3) is 45.1 Å². The Morgan fingerprint density at radius 2 is 0.978 bits per heavy atom. The molecule has 3 heterocycles. The lowest BCUT2D eigenvalue weighted by Crippen LogP contribution is -2.08. The van der Waals surface area contributed by atoms with Crippen molar-refractivity contribution in [3.8, 4) is 34.5 Å². The Morgan fingerprint density at radius 1 is 0.543 bits per heavy atom. The lowest BCUT2D eigenvalue weighted by molar-refractivity contribution is 0.0725. The molecule has 0 aliphatic carbocycles.